The molecule has 0 aliphatic carbocycles. The lowest BCUT2D eigenvalue weighted by Crippen LogP contribution is -2.48. The summed E-state index contributed by atoms with van der Waals surface area (Å²) < 4.78 is 22.1. The third kappa shape index (κ3) is 1.97. The van der Waals surface area contributed by atoms with Gasteiger partial charge in [-0.05, 0) is 19.3 Å². The molecule has 4 nitrogen and oxygen atoms in total. The highest BCUT2D eigenvalue weighted by molar-refractivity contribution is 7.91. The summed E-state index contributed by atoms with van der Waals surface area (Å²) in [6.45, 7) is 1.53. The van der Waals surface area contributed by atoms with Crippen molar-refractivity contribution in [2.45, 2.75) is 18.9 Å². The van der Waals surface area contributed by atoms with Crippen LogP contribution in [0.1, 0.15) is 13.3 Å². The van der Waals surface area contributed by atoms with Gasteiger partial charge >= 0.3 is 0 Å². The van der Waals surface area contributed by atoms with Crippen LogP contribution in [-0.4, -0.2) is 37.2 Å². The van der Waals surface area contributed by atoms with Crippen molar-refractivity contribution in [3.05, 3.63) is 0 Å². The number of rotatable bonds is 2. The summed E-state index contributed by atoms with van der Waals surface area (Å²) in [4.78, 5) is 0. The molecule has 1 fully saturated rings. The molecule has 0 aromatic rings. The Morgan fingerprint density at radius 2 is 2.25 bits per heavy atom. The van der Waals surface area contributed by atoms with Gasteiger partial charge in [-0.3, -0.25) is 0 Å². The molecule has 1 aliphatic rings. The largest absolute Gasteiger partial charge is 0.394 e. The molecule has 3 N–H and O–H groups in total. The average Bonchev–Trinajstić information content (AvgIpc) is 2.31. The van der Waals surface area contributed by atoms with E-state index in [1.54, 1.807) is 6.92 Å². The molecule has 0 bridgehead atoms. The lowest BCUT2D eigenvalue weighted by Gasteiger charge is -2.27. The van der Waals surface area contributed by atoms with E-state index in [2.05, 4.69) is 0 Å². The molecular formula is C7H15NO3S. The van der Waals surface area contributed by atoms with Gasteiger partial charge in [-0.15, -0.1) is 0 Å². The van der Waals surface area contributed by atoms with Gasteiger partial charge < -0.3 is 10.8 Å². The predicted molar refractivity (Wildman–Crippen MR) is 46.4 cm³/mol. The summed E-state index contributed by atoms with van der Waals surface area (Å²) in [6.07, 6.45) is 0.579. The van der Waals surface area contributed by atoms with E-state index in [-0.39, 0.29) is 24.0 Å². The molecule has 12 heavy (non-hydrogen) atoms. The van der Waals surface area contributed by atoms with Gasteiger partial charge in [-0.2, -0.15) is 0 Å². The molecule has 0 radical (unpaired) electrons. The summed E-state index contributed by atoms with van der Waals surface area (Å²) in [6, 6.07) is 0. The molecule has 2 atom stereocenters. The van der Waals surface area contributed by atoms with E-state index in [4.69, 9.17) is 10.8 Å². The first-order valence-electron chi connectivity index (χ1n) is 3.97. The van der Waals surface area contributed by atoms with E-state index >= 15 is 0 Å². The smallest absolute Gasteiger partial charge is 0.150 e. The van der Waals surface area contributed by atoms with Gasteiger partial charge in [-0.25, -0.2) is 8.42 Å². The van der Waals surface area contributed by atoms with Crippen LogP contribution in [0.5, 0.6) is 0 Å². The highest BCUT2D eigenvalue weighted by Gasteiger charge is 2.38. The molecule has 1 saturated heterocycles. The molecule has 1 heterocycles. The maximum atomic E-state index is 11.1. The second-order valence-electron chi connectivity index (χ2n) is 3.76. The number of hydrogen-bond donors (Lipinski definition) is 2. The standard InChI is InChI=1S/C7H15NO3S/c1-7(8,5-9)6-2-3-12(10,11)4-6/h6,9H,2-5,8H2,1H3. The minimum atomic E-state index is -2.88. The first-order chi connectivity index (χ1) is 5.37. The quantitative estimate of drug-likeness (QED) is 0.597. The van der Waals surface area contributed by atoms with E-state index in [0.29, 0.717) is 6.42 Å². The first kappa shape index (κ1) is 9.95. The van der Waals surface area contributed by atoms with E-state index in [9.17, 15) is 8.42 Å². The summed E-state index contributed by atoms with van der Waals surface area (Å²) in [5.41, 5.74) is 4.98. The Hall–Kier alpha value is -0.130. The summed E-state index contributed by atoms with van der Waals surface area (Å²) in [5, 5.41) is 8.90. The SMILES string of the molecule is CC(N)(CO)C1CCS(=O)(=O)C1. The van der Waals surface area contributed by atoms with E-state index in [1.807, 2.05) is 0 Å². The zero-order valence-electron chi connectivity index (χ0n) is 7.16. The van der Waals surface area contributed by atoms with Crippen LogP contribution in [0, 0.1) is 5.92 Å². The zero-order valence-corrected chi connectivity index (χ0v) is 7.97. The molecule has 0 amide bonds. The van der Waals surface area contributed by atoms with Crippen molar-refractivity contribution in [2.24, 2.45) is 11.7 Å². The molecule has 0 aromatic heterocycles. The summed E-state index contributed by atoms with van der Waals surface area (Å²) in [7, 11) is -2.88. The number of aliphatic hydroxyl groups is 1. The van der Waals surface area contributed by atoms with Crippen molar-refractivity contribution in [3.63, 3.8) is 0 Å². The van der Waals surface area contributed by atoms with Gasteiger partial charge in [0.1, 0.15) is 0 Å². The number of aliphatic hydroxyl groups excluding tert-OH is 1. The van der Waals surface area contributed by atoms with Gasteiger partial charge in [0, 0.05) is 5.54 Å². The maximum absolute atomic E-state index is 11.1. The predicted octanol–water partition coefficient (Wildman–Crippen LogP) is -0.869. The highest BCUT2D eigenvalue weighted by atomic mass is 32.2. The number of sulfone groups is 1. The van der Waals surface area contributed by atoms with E-state index in [1.165, 1.54) is 0 Å². The zero-order chi connectivity index (χ0) is 9.41. The summed E-state index contributed by atoms with van der Waals surface area (Å²) >= 11 is 0. The third-order valence-corrected chi connectivity index (χ3v) is 4.27. The van der Waals surface area contributed by atoms with Crippen molar-refractivity contribution in [1.82, 2.24) is 0 Å². The van der Waals surface area contributed by atoms with Crippen LogP contribution in [0.2, 0.25) is 0 Å². The van der Waals surface area contributed by atoms with Crippen molar-refractivity contribution in [3.8, 4) is 0 Å². The van der Waals surface area contributed by atoms with Crippen LogP contribution in [0.3, 0.4) is 0 Å². The van der Waals surface area contributed by atoms with Gasteiger partial charge in [0.2, 0.25) is 0 Å². The molecule has 1 rings (SSSR count). The molecule has 0 spiro atoms. The fraction of sp³-hybridized carbons (Fsp3) is 1.00. The van der Waals surface area contributed by atoms with Crippen LogP contribution in [-0.2, 0) is 9.84 Å². The Morgan fingerprint density at radius 3 is 2.58 bits per heavy atom. The lowest BCUT2D eigenvalue weighted by atomic mass is 9.87. The Kier molecular flexibility index (Phi) is 2.47. The van der Waals surface area contributed by atoms with E-state index in [0.717, 1.165) is 0 Å². The van der Waals surface area contributed by atoms with Crippen molar-refractivity contribution in [1.29, 1.82) is 0 Å². The minimum absolute atomic E-state index is 0.0903. The highest BCUT2D eigenvalue weighted by Crippen LogP contribution is 2.26. The van der Waals surface area contributed by atoms with Crippen molar-refractivity contribution >= 4 is 9.84 Å². The van der Waals surface area contributed by atoms with Gasteiger partial charge in [-0.1, -0.05) is 0 Å². The topological polar surface area (TPSA) is 80.4 Å². The second kappa shape index (κ2) is 2.97. The molecular weight excluding hydrogens is 178 g/mol. The molecule has 1 aliphatic heterocycles. The summed E-state index contributed by atoms with van der Waals surface area (Å²) in [5.74, 6) is 0.248. The fourth-order valence-corrected chi connectivity index (χ4v) is 3.41. The third-order valence-electron chi connectivity index (χ3n) is 2.51. The first-order valence-corrected chi connectivity index (χ1v) is 5.80. The normalized spacial score (nSPS) is 33.1. The van der Waals surface area contributed by atoms with Gasteiger partial charge in [0.15, 0.2) is 9.84 Å². The van der Waals surface area contributed by atoms with Gasteiger partial charge in [0.05, 0.1) is 18.1 Å². The van der Waals surface area contributed by atoms with Crippen LogP contribution >= 0.6 is 0 Å². The Morgan fingerprint density at radius 1 is 1.67 bits per heavy atom. The second-order valence-corrected chi connectivity index (χ2v) is 5.99. The molecule has 0 aromatic carbocycles. The monoisotopic (exact) mass is 193 g/mol. The maximum Gasteiger partial charge on any atom is 0.150 e. The van der Waals surface area contributed by atoms with Crippen molar-refractivity contribution in [2.75, 3.05) is 18.1 Å². The van der Waals surface area contributed by atoms with Crippen LogP contribution in [0.25, 0.3) is 0 Å². The van der Waals surface area contributed by atoms with E-state index < -0.39 is 15.4 Å². The van der Waals surface area contributed by atoms with Crippen LogP contribution in [0.4, 0.5) is 0 Å². The van der Waals surface area contributed by atoms with Crippen LogP contribution < -0.4 is 5.73 Å². The number of nitrogens with two attached hydrogens (primary N) is 1. The lowest BCUT2D eigenvalue weighted by molar-refractivity contribution is 0.164. The van der Waals surface area contributed by atoms with Crippen molar-refractivity contribution < 1.29 is 13.5 Å². The molecule has 72 valence electrons. The molecule has 2 unspecified atom stereocenters. The molecule has 0 saturated carbocycles. The Balaban J connectivity index is 2.70. The minimum Gasteiger partial charge on any atom is -0.394 e. The number of hydrogen-bond acceptors (Lipinski definition) is 4. The fourth-order valence-electron chi connectivity index (χ4n) is 1.44. The molecule has 5 heteroatoms. The average molecular weight is 193 g/mol. The van der Waals surface area contributed by atoms with Crippen LogP contribution in [0.15, 0.2) is 0 Å². The Bertz CT molecular complexity index is 258. The Labute approximate surface area is 72.7 Å². The van der Waals surface area contributed by atoms with Gasteiger partial charge in [0.25, 0.3) is 0 Å².